The fourth-order valence-corrected chi connectivity index (χ4v) is 6.59. The first-order valence-corrected chi connectivity index (χ1v) is 9.40. The molecule has 1 aromatic heterocycles. The van der Waals surface area contributed by atoms with Crippen molar-refractivity contribution in [3.63, 3.8) is 0 Å². The fraction of sp³-hybridized carbons (Fsp3) is 0.471. The van der Waals surface area contributed by atoms with E-state index in [1.807, 2.05) is 30.3 Å². The Bertz CT molecular complexity index is 811. The highest BCUT2D eigenvalue weighted by atomic mass is 32.2. The minimum absolute atomic E-state index is 0.310. The third kappa shape index (κ3) is 2.07. The molecule has 2 aliphatic heterocycles. The van der Waals surface area contributed by atoms with Gasteiger partial charge in [0.15, 0.2) is 9.84 Å². The Morgan fingerprint density at radius 1 is 1.14 bits per heavy atom. The topological polar surface area (TPSA) is 67.3 Å². The van der Waals surface area contributed by atoms with E-state index in [-0.39, 0.29) is 0 Å². The SMILES string of the molecule is O=S1(=O)C2CCCC1CC(O)(c1ccc3cccnc3c1)C2. The van der Waals surface area contributed by atoms with E-state index in [2.05, 4.69) is 4.98 Å². The zero-order valence-corrected chi connectivity index (χ0v) is 13.1. The smallest absolute Gasteiger partial charge is 0.156 e. The summed E-state index contributed by atoms with van der Waals surface area (Å²) in [5, 5.41) is 11.4. The van der Waals surface area contributed by atoms with Crippen molar-refractivity contribution < 1.29 is 13.5 Å². The first-order chi connectivity index (χ1) is 10.5. The number of hydrogen-bond donors (Lipinski definition) is 1. The van der Waals surface area contributed by atoms with Crippen molar-refractivity contribution >= 4 is 20.7 Å². The normalized spacial score (nSPS) is 33.7. The predicted molar refractivity (Wildman–Crippen MR) is 85.2 cm³/mol. The van der Waals surface area contributed by atoms with Gasteiger partial charge in [-0.1, -0.05) is 24.6 Å². The van der Waals surface area contributed by atoms with Gasteiger partial charge in [0.05, 0.1) is 21.6 Å². The van der Waals surface area contributed by atoms with Crippen LogP contribution in [0, 0.1) is 0 Å². The lowest BCUT2D eigenvalue weighted by Crippen LogP contribution is -2.50. The van der Waals surface area contributed by atoms with E-state index in [4.69, 9.17) is 0 Å². The van der Waals surface area contributed by atoms with E-state index < -0.39 is 25.9 Å². The molecule has 0 aliphatic carbocycles. The van der Waals surface area contributed by atoms with Crippen LogP contribution in [0.2, 0.25) is 0 Å². The lowest BCUT2D eigenvalue weighted by Gasteiger charge is -2.44. The molecule has 4 nitrogen and oxygen atoms in total. The largest absolute Gasteiger partial charge is 0.385 e. The van der Waals surface area contributed by atoms with Crippen molar-refractivity contribution in [1.82, 2.24) is 4.98 Å². The number of nitrogens with zero attached hydrogens (tertiary/aromatic N) is 1. The van der Waals surface area contributed by atoms with Crippen LogP contribution in [-0.4, -0.2) is 29.0 Å². The van der Waals surface area contributed by atoms with Gasteiger partial charge >= 0.3 is 0 Å². The van der Waals surface area contributed by atoms with E-state index >= 15 is 0 Å². The number of aromatic nitrogens is 1. The van der Waals surface area contributed by atoms with Crippen LogP contribution in [0.3, 0.4) is 0 Å². The molecule has 5 heteroatoms. The van der Waals surface area contributed by atoms with Crippen molar-refractivity contribution in [1.29, 1.82) is 0 Å². The Morgan fingerprint density at radius 2 is 1.86 bits per heavy atom. The van der Waals surface area contributed by atoms with Gasteiger partial charge in [-0.25, -0.2) is 8.42 Å². The molecule has 2 fully saturated rings. The molecule has 0 radical (unpaired) electrons. The predicted octanol–water partition coefficient (Wildman–Crippen LogP) is 2.55. The molecule has 0 spiro atoms. The Balaban J connectivity index is 1.77. The molecule has 1 aromatic carbocycles. The van der Waals surface area contributed by atoms with Gasteiger partial charge in [-0.2, -0.15) is 0 Å². The van der Waals surface area contributed by atoms with Crippen LogP contribution in [0.15, 0.2) is 36.5 Å². The van der Waals surface area contributed by atoms with Gasteiger partial charge in [0.2, 0.25) is 0 Å². The van der Waals surface area contributed by atoms with Gasteiger partial charge < -0.3 is 5.11 Å². The summed E-state index contributed by atoms with van der Waals surface area (Å²) in [5.41, 5.74) is 0.588. The Labute approximate surface area is 130 Å². The van der Waals surface area contributed by atoms with Crippen LogP contribution in [0.4, 0.5) is 0 Å². The lowest BCUT2D eigenvalue weighted by atomic mass is 9.80. The van der Waals surface area contributed by atoms with Gasteiger partial charge in [-0.05, 0) is 43.4 Å². The minimum Gasteiger partial charge on any atom is -0.385 e. The highest BCUT2D eigenvalue weighted by molar-refractivity contribution is 7.92. The third-order valence-electron chi connectivity index (χ3n) is 5.26. The number of sulfone groups is 1. The molecule has 22 heavy (non-hydrogen) atoms. The van der Waals surface area contributed by atoms with Gasteiger partial charge in [-0.3, -0.25) is 4.98 Å². The van der Waals surface area contributed by atoms with Crippen molar-refractivity contribution in [2.45, 2.75) is 48.2 Å². The molecule has 116 valence electrons. The van der Waals surface area contributed by atoms with Crippen molar-refractivity contribution in [2.24, 2.45) is 0 Å². The maximum atomic E-state index is 12.4. The summed E-state index contributed by atoms with van der Waals surface area (Å²) < 4.78 is 24.8. The molecule has 0 saturated carbocycles. The zero-order chi connectivity index (χ0) is 15.4. The molecule has 3 heterocycles. The summed E-state index contributed by atoms with van der Waals surface area (Å²) in [6, 6.07) is 9.64. The molecular formula is C17H19NO3S. The molecule has 2 atom stereocenters. The molecule has 4 rings (SSSR count). The number of aliphatic hydroxyl groups is 1. The second kappa shape index (κ2) is 4.77. The Hall–Kier alpha value is -1.46. The van der Waals surface area contributed by atoms with E-state index in [1.165, 1.54) is 0 Å². The molecule has 2 aliphatic rings. The quantitative estimate of drug-likeness (QED) is 0.878. The van der Waals surface area contributed by atoms with Crippen LogP contribution in [0.5, 0.6) is 0 Å². The number of hydrogen-bond acceptors (Lipinski definition) is 4. The summed E-state index contributed by atoms with van der Waals surface area (Å²) in [7, 11) is -3.06. The van der Waals surface area contributed by atoms with Crippen molar-refractivity contribution in [2.75, 3.05) is 0 Å². The highest BCUT2D eigenvalue weighted by Gasteiger charge is 2.50. The van der Waals surface area contributed by atoms with Crippen LogP contribution >= 0.6 is 0 Å². The maximum absolute atomic E-state index is 12.4. The molecular weight excluding hydrogens is 298 g/mol. The average molecular weight is 317 g/mol. The first kappa shape index (κ1) is 14.2. The summed E-state index contributed by atoms with van der Waals surface area (Å²) in [5.74, 6) is 0. The lowest BCUT2D eigenvalue weighted by molar-refractivity contribution is 0.00511. The van der Waals surface area contributed by atoms with E-state index in [0.717, 1.165) is 22.9 Å². The third-order valence-corrected chi connectivity index (χ3v) is 7.92. The summed E-state index contributed by atoms with van der Waals surface area (Å²) in [6.07, 6.45) is 4.65. The molecule has 2 aromatic rings. The van der Waals surface area contributed by atoms with E-state index in [9.17, 15) is 13.5 Å². The van der Waals surface area contributed by atoms with Gasteiger partial charge in [0, 0.05) is 11.6 Å². The first-order valence-electron chi connectivity index (χ1n) is 7.79. The number of rotatable bonds is 1. The van der Waals surface area contributed by atoms with Gasteiger partial charge in [0.1, 0.15) is 0 Å². The fourth-order valence-electron chi connectivity index (χ4n) is 4.04. The number of fused-ring (bicyclic) bond motifs is 3. The molecule has 0 amide bonds. The second-order valence-corrected chi connectivity index (χ2v) is 9.13. The summed E-state index contributed by atoms with van der Waals surface area (Å²) >= 11 is 0. The maximum Gasteiger partial charge on any atom is 0.156 e. The summed E-state index contributed by atoms with van der Waals surface area (Å²) in [6.45, 7) is 0. The highest BCUT2D eigenvalue weighted by Crippen LogP contribution is 2.46. The number of pyridine rings is 1. The van der Waals surface area contributed by atoms with Crippen LogP contribution < -0.4 is 0 Å². The minimum atomic E-state index is -3.06. The van der Waals surface area contributed by atoms with E-state index in [1.54, 1.807) is 6.20 Å². The Morgan fingerprint density at radius 3 is 2.59 bits per heavy atom. The summed E-state index contributed by atoms with van der Waals surface area (Å²) in [4.78, 5) is 4.34. The average Bonchev–Trinajstić information content (AvgIpc) is 2.48. The van der Waals surface area contributed by atoms with Crippen LogP contribution in [0.25, 0.3) is 10.9 Å². The zero-order valence-electron chi connectivity index (χ0n) is 12.3. The molecule has 2 unspecified atom stereocenters. The van der Waals surface area contributed by atoms with Gasteiger partial charge in [-0.15, -0.1) is 0 Å². The molecule has 2 saturated heterocycles. The van der Waals surface area contributed by atoms with Gasteiger partial charge in [0.25, 0.3) is 0 Å². The van der Waals surface area contributed by atoms with E-state index in [0.29, 0.717) is 25.7 Å². The second-order valence-electron chi connectivity index (χ2n) is 6.61. The van der Waals surface area contributed by atoms with Crippen molar-refractivity contribution in [3.8, 4) is 0 Å². The van der Waals surface area contributed by atoms with Crippen LogP contribution in [0.1, 0.15) is 37.7 Å². The van der Waals surface area contributed by atoms with Crippen molar-refractivity contribution in [3.05, 3.63) is 42.1 Å². The van der Waals surface area contributed by atoms with Crippen LogP contribution in [-0.2, 0) is 15.4 Å². The standard InChI is InChI=1S/C17H19NO3S/c19-17(10-14-4-1-5-15(11-17)22(14,20)21)13-7-6-12-3-2-8-18-16(12)9-13/h2-3,6-9,14-15,19H,1,4-5,10-11H2. The molecule has 1 N–H and O–H groups in total. The monoisotopic (exact) mass is 317 g/mol. The number of benzene rings is 1. The molecule has 2 bridgehead atoms. The Kier molecular flexibility index (Phi) is 3.07.